The third-order valence-corrected chi connectivity index (χ3v) is 5.93. The number of hydrogen-bond acceptors (Lipinski definition) is 0. The van der Waals surface area contributed by atoms with E-state index in [1.165, 1.54) is 6.42 Å². The summed E-state index contributed by atoms with van der Waals surface area (Å²) in [6, 6.07) is 0. The van der Waals surface area contributed by atoms with Crippen molar-refractivity contribution in [1.29, 1.82) is 0 Å². The molecule has 98 valence electrons. The second kappa shape index (κ2) is 4.28. The molecule has 5 atom stereocenters. The minimum absolute atomic E-state index is 0.547. The van der Waals surface area contributed by atoms with Gasteiger partial charge in [-0.1, -0.05) is 52.9 Å². The lowest BCUT2D eigenvalue weighted by Crippen LogP contribution is -2.33. The van der Waals surface area contributed by atoms with E-state index in [4.69, 9.17) is 0 Å². The summed E-state index contributed by atoms with van der Waals surface area (Å²) in [6.45, 7) is 7.32. The van der Waals surface area contributed by atoms with Crippen LogP contribution in [0.4, 0.5) is 0 Å². The first-order valence-corrected chi connectivity index (χ1v) is 8.04. The van der Waals surface area contributed by atoms with Gasteiger partial charge in [0.25, 0.3) is 0 Å². The largest absolute Gasteiger partial charge is 0.0602 e. The van der Waals surface area contributed by atoms with E-state index in [1.807, 2.05) is 0 Å². The number of rotatable bonds is 1. The Balaban J connectivity index is 1.76. The lowest BCUT2D eigenvalue weighted by Gasteiger charge is -2.42. The van der Waals surface area contributed by atoms with Crippen LogP contribution in [0.2, 0.25) is 0 Å². The molecule has 3 aliphatic carbocycles. The van der Waals surface area contributed by atoms with Gasteiger partial charge < -0.3 is 0 Å². The fraction of sp³-hybridized carbons (Fsp3) is 1.00. The van der Waals surface area contributed by atoms with Gasteiger partial charge in [0.1, 0.15) is 0 Å². The molecule has 5 unspecified atom stereocenters. The molecule has 0 spiro atoms. The Morgan fingerprint density at radius 1 is 0.882 bits per heavy atom. The Hall–Kier alpha value is 0. The van der Waals surface area contributed by atoms with Crippen LogP contribution < -0.4 is 0 Å². The van der Waals surface area contributed by atoms with Gasteiger partial charge in [0, 0.05) is 0 Å². The molecule has 0 aromatic heterocycles. The van der Waals surface area contributed by atoms with Gasteiger partial charge in [0.15, 0.2) is 0 Å². The molecule has 0 saturated heterocycles. The van der Waals surface area contributed by atoms with E-state index >= 15 is 0 Å². The normalized spacial score (nSPS) is 45.7. The van der Waals surface area contributed by atoms with Gasteiger partial charge in [-0.3, -0.25) is 0 Å². The standard InChI is InChI=1S/C17H30/c1-17(2,3)11-14-10-13-8-4-6-12-7-5-9-15(14)16(12)13/h12-16H,4-11H2,1-3H3. The zero-order valence-electron chi connectivity index (χ0n) is 12.0. The maximum absolute atomic E-state index is 2.44. The van der Waals surface area contributed by atoms with Crippen LogP contribution in [0.3, 0.4) is 0 Å². The first-order valence-electron chi connectivity index (χ1n) is 8.04. The molecule has 0 aliphatic heterocycles. The molecule has 0 amide bonds. The molecule has 3 fully saturated rings. The van der Waals surface area contributed by atoms with Crippen molar-refractivity contribution in [3.8, 4) is 0 Å². The topological polar surface area (TPSA) is 0 Å². The van der Waals surface area contributed by atoms with E-state index in [0.29, 0.717) is 5.41 Å². The van der Waals surface area contributed by atoms with E-state index < -0.39 is 0 Å². The Morgan fingerprint density at radius 2 is 1.53 bits per heavy atom. The van der Waals surface area contributed by atoms with Gasteiger partial charge in [-0.25, -0.2) is 0 Å². The van der Waals surface area contributed by atoms with Crippen LogP contribution in [-0.4, -0.2) is 0 Å². The quantitative estimate of drug-likeness (QED) is 0.579. The molecule has 0 radical (unpaired) electrons. The molecule has 0 heteroatoms. The minimum atomic E-state index is 0.547. The van der Waals surface area contributed by atoms with Gasteiger partial charge in [-0.15, -0.1) is 0 Å². The molecule has 0 aromatic carbocycles. The van der Waals surface area contributed by atoms with Crippen molar-refractivity contribution in [2.45, 2.75) is 72.1 Å². The Labute approximate surface area is 108 Å². The van der Waals surface area contributed by atoms with Crippen molar-refractivity contribution in [2.75, 3.05) is 0 Å². The van der Waals surface area contributed by atoms with E-state index in [9.17, 15) is 0 Å². The van der Waals surface area contributed by atoms with E-state index in [0.717, 1.165) is 29.6 Å². The highest BCUT2D eigenvalue weighted by Gasteiger charge is 2.49. The first kappa shape index (κ1) is 12.1. The highest BCUT2D eigenvalue weighted by atomic mass is 14.5. The predicted molar refractivity (Wildman–Crippen MR) is 73.8 cm³/mol. The Kier molecular flexibility index (Phi) is 3.04. The zero-order chi connectivity index (χ0) is 12.0. The summed E-state index contributed by atoms with van der Waals surface area (Å²) in [5, 5.41) is 0. The predicted octanol–water partition coefficient (Wildman–Crippen LogP) is 5.28. The first-order chi connectivity index (χ1) is 8.04. The lowest BCUT2D eigenvalue weighted by molar-refractivity contribution is 0.0794. The lowest BCUT2D eigenvalue weighted by atomic mass is 9.63. The maximum atomic E-state index is 2.44. The Bertz CT molecular complexity index is 270. The van der Waals surface area contributed by atoms with Gasteiger partial charge in [-0.05, 0) is 54.3 Å². The van der Waals surface area contributed by atoms with Crippen molar-refractivity contribution < 1.29 is 0 Å². The summed E-state index contributed by atoms with van der Waals surface area (Å²) in [7, 11) is 0. The molecule has 0 nitrogen and oxygen atoms in total. The van der Waals surface area contributed by atoms with Gasteiger partial charge in [0.2, 0.25) is 0 Å². The third-order valence-electron chi connectivity index (χ3n) is 5.93. The molecular weight excluding hydrogens is 204 g/mol. The molecular formula is C17H30. The fourth-order valence-corrected chi connectivity index (χ4v) is 5.67. The second-order valence-electron chi connectivity index (χ2n) is 8.38. The third kappa shape index (κ3) is 2.29. The average Bonchev–Trinajstić information content (AvgIpc) is 2.58. The van der Waals surface area contributed by atoms with Gasteiger partial charge in [-0.2, -0.15) is 0 Å². The van der Waals surface area contributed by atoms with Gasteiger partial charge in [0.05, 0.1) is 0 Å². The monoisotopic (exact) mass is 234 g/mol. The summed E-state index contributed by atoms with van der Waals surface area (Å²) in [5.41, 5.74) is 0.547. The number of hydrogen-bond donors (Lipinski definition) is 0. The van der Waals surface area contributed by atoms with E-state index in [1.54, 1.807) is 44.9 Å². The molecule has 3 aliphatic rings. The molecule has 17 heavy (non-hydrogen) atoms. The highest BCUT2D eigenvalue weighted by molar-refractivity contribution is 4.99. The van der Waals surface area contributed by atoms with Crippen LogP contribution in [0.1, 0.15) is 72.1 Å². The Morgan fingerprint density at radius 3 is 2.24 bits per heavy atom. The summed E-state index contributed by atoms with van der Waals surface area (Å²) in [5.74, 6) is 5.62. The van der Waals surface area contributed by atoms with E-state index in [2.05, 4.69) is 20.8 Å². The van der Waals surface area contributed by atoms with Gasteiger partial charge >= 0.3 is 0 Å². The molecule has 0 aromatic rings. The SMILES string of the molecule is CC(C)(C)CC1CC2CCCC3CCCC1C32. The van der Waals surface area contributed by atoms with Crippen molar-refractivity contribution >= 4 is 0 Å². The summed E-state index contributed by atoms with van der Waals surface area (Å²) < 4.78 is 0. The molecule has 0 N–H and O–H groups in total. The summed E-state index contributed by atoms with van der Waals surface area (Å²) in [4.78, 5) is 0. The van der Waals surface area contributed by atoms with Crippen LogP contribution in [0.5, 0.6) is 0 Å². The molecule has 3 saturated carbocycles. The van der Waals surface area contributed by atoms with Crippen molar-refractivity contribution in [3.05, 3.63) is 0 Å². The molecule has 0 heterocycles. The summed E-state index contributed by atoms with van der Waals surface area (Å²) >= 11 is 0. The maximum Gasteiger partial charge on any atom is -0.0326 e. The fourth-order valence-electron chi connectivity index (χ4n) is 5.67. The van der Waals surface area contributed by atoms with Crippen molar-refractivity contribution in [2.24, 2.45) is 35.0 Å². The minimum Gasteiger partial charge on any atom is -0.0602 e. The molecule has 3 rings (SSSR count). The van der Waals surface area contributed by atoms with Crippen LogP contribution in [-0.2, 0) is 0 Å². The van der Waals surface area contributed by atoms with Crippen LogP contribution in [0, 0.1) is 35.0 Å². The van der Waals surface area contributed by atoms with Crippen LogP contribution in [0.25, 0.3) is 0 Å². The van der Waals surface area contributed by atoms with Crippen molar-refractivity contribution in [3.63, 3.8) is 0 Å². The highest BCUT2D eigenvalue weighted by Crippen LogP contribution is 2.58. The van der Waals surface area contributed by atoms with E-state index in [-0.39, 0.29) is 0 Å². The summed E-state index contributed by atoms with van der Waals surface area (Å²) in [6.07, 6.45) is 12.4. The molecule has 0 bridgehead atoms. The van der Waals surface area contributed by atoms with Crippen LogP contribution >= 0.6 is 0 Å². The second-order valence-corrected chi connectivity index (χ2v) is 8.38. The van der Waals surface area contributed by atoms with Crippen LogP contribution in [0.15, 0.2) is 0 Å². The smallest absolute Gasteiger partial charge is 0.0326 e. The zero-order valence-corrected chi connectivity index (χ0v) is 12.0. The average molecular weight is 234 g/mol. The van der Waals surface area contributed by atoms with Crippen molar-refractivity contribution in [1.82, 2.24) is 0 Å².